The molecule has 0 aromatic rings. The average molecular weight is 633 g/mol. The van der Waals surface area contributed by atoms with E-state index in [0.29, 0.717) is 52.2 Å². The van der Waals surface area contributed by atoms with Crippen molar-refractivity contribution in [1.82, 2.24) is 16.0 Å². The summed E-state index contributed by atoms with van der Waals surface area (Å²) >= 11 is 0. The van der Waals surface area contributed by atoms with Gasteiger partial charge in [-0.3, -0.25) is 9.36 Å². The Hall–Kier alpha value is -2.08. The normalized spacial score (nSPS) is 13.1. The molecule has 0 bridgehead atoms. The van der Waals surface area contributed by atoms with Gasteiger partial charge in [-0.05, 0) is 25.7 Å². The summed E-state index contributed by atoms with van der Waals surface area (Å²) < 4.78 is 55.3. The molecule has 0 saturated heterocycles. The van der Waals surface area contributed by atoms with Crippen LogP contribution in [-0.4, -0.2) is 131 Å². The number of carbonyl (C=O) groups excluding carboxylic acids is 3. The first kappa shape index (κ1) is 39.9. The van der Waals surface area contributed by atoms with Crippen molar-refractivity contribution in [1.29, 1.82) is 0 Å². The Morgan fingerprint density at radius 1 is 0.667 bits per heavy atom. The summed E-state index contributed by atoms with van der Waals surface area (Å²) in [7, 11) is -0.188. The summed E-state index contributed by atoms with van der Waals surface area (Å²) in [5.74, 6) is -0.417. The van der Waals surface area contributed by atoms with Gasteiger partial charge in [-0.1, -0.05) is 0 Å². The van der Waals surface area contributed by atoms with Crippen LogP contribution in [0.4, 0.5) is 9.59 Å². The first-order valence-electron chi connectivity index (χ1n) is 13.6. The van der Waals surface area contributed by atoms with Gasteiger partial charge in [-0.15, -0.1) is 0 Å². The van der Waals surface area contributed by atoms with Gasteiger partial charge in [0.1, 0.15) is 19.3 Å². The SMILES string of the molecule is COCCOCCOC(=O)NCCCCC(NC(=O)OCCOCCOC)C(=O)NCCCOCCOP(=O)([O-])OC. The van der Waals surface area contributed by atoms with Crippen LogP contribution >= 0.6 is 7.82 Å². The van der Waals surface area contributed by atoms with E-state index in [-0.39, 0.29) is 59.2 Å². The molecule has 18 heteroatoms. The molecule has 0 aliphatic carbocycles. The molecule has 2 atom stereocenters. The number of nitrogens with one attached hydrogen (secondary N) is 3. The summed E-state index contributed by atoms with van der Waals surface area (Å²) in [4.78, 5) is 47.7. The second-order valence-corrected chi connectivity index (χ2v) is 9.84. The van der Waals surface area contributed by atoms with E-state index >= 15 is 0 Å². The second-order valence-electron chi connectivity index (χ2n) is 8.32. The molecule has 0 aliphatic rings. The van der Waals surface area contributed by atoms with Crippen molar-refractivity contribution < 1.29 is 66.0 Å². The van der Waals surface area contributed by atoms with E-state index in [1.165, 1.54) is 0 Å². The summed E-state index contributed by atoms with van der Waals surface area (Å²) in [5.41, 5.74) is 0. The van der Waals surface area contributed by atoms with Gasteiger partial charge in [0.25, 0.3) is 7.82 Å². The Kier molecular flexibility index (Phi) is 26.4. The van der Waals surface area contributed by atoms with E-state index in [1.807, 2.05) is 0 Å². The minimum Gasteiger partial charge on any atom is -0.756 e. The summed E-state index contributed by atoms with van der Waals surface area (Å²) in [6.07, 6.45) is 0.413. The summed E-state index contributed by atoms with van der Waals surface area (Å²) in [5, 5.41) is 7.88. The van der Waals surface area contributed by atoms with Crippen LogP contribution in [0.2, 0.25) is 0 Å². The minimum atomic E-state index is -4.29. The zero-order valence-electron chi connectivity index (χ0n) is 24.8. The van der Waals surface area contributed by atoms with Crippen LogP contribution in [-0.2, 0) is 51.6 Å². The van der Waals surface area contributed by atoms with Crippen molar-refractivity contribution in [3.05, 3.63) is 0 Å². The van der Waals surface area contributed by atoms with Crippen LogP contribution < -0.4 is 20.8 Å². The van der Waals surface area contributed by atoms with Crippen LogP contribution in [0, 0.1) is 0 Å². The fourth-order valence-electron chi connectivity index (χ4n) is 2.91. The number of ether oxygens (including phenoxy) is 7. The fraction of sp³-hybridized carbons (Fsp3) is 0.875. The standard InChI is InChI=1S/C24H48N3O14P/c1-33-11-13-37-15-18-39-23(29)26-8-5-4-7-21(27-24(30)40-19-16-38-14-12-34-2)22(28)25-9-6-10-36-17-20-41-42(31,32)35-3/h21H,4-20H2,1-3H3,(H,25,28)(H,26,29)(H,27,30)(H,31,32)/p-1. The molecule has 42 heavy (non-hydrogen) atoms. The third kappa shape index (κ3) is 25.6. The van der Waals surface area contributed by atoms with Gasteiger partial charge in [-0.25, -0.2) is 9.59 Å². The monoisotopic (exact) mass is 632 g/mol. The molecule has 0 aromatic carbocycles. The van der Waals surface area contributed by atoms with Crippen LogP contribution in [0.1, 0.15) is 25.7 Å². The lowest BCUT2D eigenvalue weighted by Gasteiger charge is -2.20. The molecule has 0 aliphatic heterocycles. The van der Waals surface area contributed by atoms with Gasteiger partial charge in [0.15, 0.2) is 0 Å². The fourth-order valence-corrected chi connectivity index (χ4v) is 3.32. The van der Waals surface area contributed by atoms with E-state index in [9.17, 15) is 23.8 Å². The zero-order chi connectivity index (χ0) is 31.3. The van der Waals surface area contributed by atoms with Crippen LogP contribution in [0.3, 0.4) is 0 Å². The number of hydrogen-bond donors (Lipinski definition) is 3. The number of rotatable bonds is 28. The van der Waals surface area contributed by atoms with E-state index in [0.717, 1.165) is 7.11 Å². The van der Waals surface area contributed by atoms with E-state index in [1.54, 1.807) is 14.2 Å². The molecule has 17 nitrogen and oxygen atoms in total. The lowest BCUT2D eigenvalue weighted by molar-refractivity contribution is -0.223. The Labute approximate surface area is 247 Å². The lowest BCUT2D eigenvalue weighted by atomic mass is 10.1. The summed E-state index contributed by atoms with van der Waals surface area (Å²) in [6.45, 7) is 2.82. The number of amides is 3. The molecule has 0 rings (SSSR count). The highest BCUT2D eigenvalue weighted by Crippen LogP contribution is 2.36. The van der Waals surface area contributed by atoms with Gasteiger partial charge < -0.3 is 63.0 Å². The molecular weight excluding hydrogens is 585 g/mol. The topological polar surface area (TPSA) is 210 Å². The van der Waals surface area contributed by atoms with Crippen molar-refractivity contribution in [3.8, 4) is 0 Å². The highest BCUT2D eigenvalue weighted by atomic mass is 31.2. The number of phosphoric ester groups is 1. The Balaban J connectivity index is 4.38. The first-order valence-corrected chi connectivity index (χ1v) is 15.1. The Bertz CT molecular complexity index is 749. The number of carbonyl (C=O) groups is 3. The van der Waals surface area contributed by atoms with Gasteiger partial charge in [0, 0.05) is 41.0 Å². The van der Waals surface area contributed by atoms with Crippen LogP contribution in [0.5, 0.6) is 0 Å². The highest BCUT2D eigenvalue weighted by Gasteiger charge is 2.21. The number of phosphoric acid groups is 1. The predicted octanol–water partition coefficient (Wildman–Crippen LogP) is -0.0420. The molecule has 0 aromatic heterocycles. The van der Waals surface area contributed by atoms with Crippen molar-refractivity contribution in [2.45, 2.75) is 31.7 Å². The predicted molar refractivity (Wildman–Crippen MR) is 146 cm³/mol. The third-order valence-corrected chi connectivity index (χ3v) is 5.99. The smallest absolute Gasteiger partial charge is 0.407 e. The highest BCUT2D eigenvalue weighted by molar-refractivity contribution is 7.45. The molecule has 0 saturated carbocycles. The molecule has 3 amide bonds. The van der Waals surface area contributed by atoms with E-state index in [2.05, 4.69) is 25.0 Å². The Morgan fingerprint density at radius 3 is 1.83 bits per heavy atom. The lowest BCUT2D eigenvalue weighted by Crippen LogP contribution is -2.47. The molecule has 0 fully saturated rings. The van der Waals surface area contributed by atoms with E-state index in [4.69, 9.17) is 33.2 Å². The maximum atomic E-state index is 12.7. The van der Waals surface area contributed by atoms with Gasteiger partial charge in [0.05, 0.1) is 52.9 Å². The molecule has 3 N–H and O–H groups in total. The van der Waals surface area contributed by atoms with Crippen molar-refractivity contribution in [2.75, 3.05) is 107 Å². The maximum absolute atomic E-state index is 12.7. The molecule has 2 unspecified atom stereocenters. The largest absolute Gasteiger partial charge is 0.756 e. The van der Waals surface area contributed by atoms with Crippen LogP contribution in [0.25, 0.3) is 0 Å². The van der Waals surface area contributed by atoms with E-state index < -0.39 is 32.0 Å². The van der Waals surface area contributed by atoms with Gasteiger partial charge in [-0.2, -0.15) is 0 Å². The zero-order valence-corrected chi connectivity index (χ0v) is 25.7. The third-order valence-electron chi connectivity index (χ3n) is 5.05. The summed E-state index contributed by atoms with van der Waals surface area (Å²) in [6, 6.07) is -0.877. The first-order chi connectivity index (χ1) is 20.3. The second kappa shape index (κ2) is 27.7. The molecule has 0 heterocycles. The van der Waals surface area contributed by atoms with Crippen molar-refractivity contribution in [2.24, 2.45) is 0 Å². The van der Waals surface area contributed by atoms with Crippen molar-refractivity contribution >= 4 is 25.9 Å². The van der Waals surface area contributed by atoms with Gasteiger partial charge in [0.2, 0.25) is 5.91 Å². The molecule has 0 radical (unpaired) electrons. The number of methoxy groups -OCH3 is 2. The molecule has 0 spiro atoms. The number of hydrogen-bond acceptors (Lipinski definition) is 14. The number of alkyl carbamates (subject to hydrolysis) is 2. The molecule has 248 valence electrons. The quantitative estimate of drug-likeness (QED) is 0.0763. The van der Waals surface area contributed by atoms with Crippen LogP contribution in [0.15, 0.2) is 0 Å². The maximum Gasteiger partial charge on any atom is 0.407 e. The Morgan fingerprint density at radius 2 is 1.21 bits per heavy atom. The molecular formula is C24H47N3O14P-. The average Bonchev–Trinajstić information content (AvgIpc) is 2.97. The van der Waals surface area contributed by atoms with Gasteiger partial charge >= 0.3 is 12.2 Å². The number of unbranched alkanes of at least 4 members (excludes halogenated alkanes) is 1. The van der Waals surface area contributed by atoms with Crippen molar-refractivity contribution in [3.63, 3.8) is 0 Å². The minimum absolute atomic E-state index is 0.000568.